The largest absolute Gasteiger partial charge is 0.368 e. The third kappa shape index (κ3) is 4.81. The molecule has 2 fully saturated rings. The number of likely N-dealkylation sites (tertiary alicyclic amines) is 1. The number of rotatable bonds is 4. The molecule has 0 spiro atoms. The summed E-state index contributed by atoms with van der Waals surface area (Å²) in [7, 11) is 0. The van der Waals surface area contributed by atoms with Crippen LogP contribution < -0.4 is 4.90 Å². The van der Waals surface area contributed by atoms with Gasteiger partial charge in [0.2, 0.25) is 5.91 Å². The number of carbonyl (C=O) groups is 1. The molecule has 2 saturated heterocycles. The Kier molecular flexibility index (Phi) is 6.64. The molecule has 30 heavy (non-hydrogen) atoms. The van der Waals surface area contributed by atoms with Crippen molar-refractivity contribution < 1.29 is 4.79 Å². The highest BCUT2D eigenvalue weighted by Gasteiger charge is 2.31. The fourth-order valence-electron chi connectivity index (χ4n) is 4.78. The first kappa shape index (κ1) is 21.2. The van der Waals surface area contributed by atoms with Crippen LogP contribution >= 0.6 is 11.6 Å². The van der Waals surface area contributed by atoms with Crippen LogP contribution in [-0.4, -0.2) is 55.0 Å². The number of benzene rings is 2. The average molecular weight is 426 g/mol. The maximum Gasteiger partial charge on any atom is 0.227 e. The molecule has 2 aliphatic heterocycles. The summed E-state index contributed by atoms with van der Waals surface area (Å²) in [6, 6.07) is 14.6. The van der Waals surface area contributed by atoms with Crippen LogP contribution in [0, 0.1) is 19.8 Å². The van der Waals surface area contributed by atoms with Crippen molar-refractivity contribution in [3.8, 4) is 0 Å². The minimum atomic E-state index is 0.127. The number of piperazine rings is 1. The Morgan fingerprint density at radius 3 is 2.53 bits per heavy atom. The van der Waals surface area contributed by atoms with E-state index < -0.39 is 0 Å². The molecule has 0 radical (unpaired) electrons. The standard InChI is InChI=1S/C25H32ClN3O/c1-19-6-3-4-7-21(19)17-27-11-5-8-22(18-27)25(30)29-14-12-28(13-15-29)24-16-23(26)10-9-20(24)2/h3-4,6-7,9-10,16,22H,5,8,11-15,17-18H2,1-2H3. The number of carbonyl (C=O) groups excluding carboxylic acids is 1. The lowest BCUT2D eigenvalue weighted by Crippen LogP contribution is -2.52. The Balaban J connectivity index is 1.33. The molecular weight excluding hydrogens is 394 g/mol. The fourth-order valence-corrected chi connectivity index (χ4v) is 4.94. The lowest BCUT2D eigenvalue weighted by atomic mass is 9.95. The van der Waals surface area contributed by atoms with Crippen LogP contribution in [0.4, 0.5) is 5.69 Å². The van der Waals surface area contributed by atoms with Gasteiger partial charge in [0.05, 0.1) is 5.92 Å². The molecule has 1 amide bonds. The molecule has 0 aliphatic carbocycles. The zero-order valence-electron chi connectivity index (χ0n) is 18.1. The zero-order valence-corrected chi connectivity index (χ0v) is 18.9. The van der Waals surface area contributed by atoms with E-state index in [1.165, 1.54) is 22.4 Å². The first-order valence-electron chi connectivity index (χ1n) is 11.1. The van der Waals surface area contributed by atoms with E-state index in [4.69, 9.17) is 11.6 Å². The number of halogens is 1. The van der Waals surface area contributed by atoms with Gasteiger partial charge in [0.15, 0.2) is 0 Å². The molecule has 0 saturated carbocycles. The van der Waals surface area contributed by atoms with Crippen molar-refractivity contribution in [3.63, 3.8) is 0 Å². The fraction of sp³-hybridized carbons (Fsp3) is 0.480. The number of nitrogens with zero attached hydrogens (tertiary/aromatic N) is 3. The van der Waals surface area contributed by atoms with Crippen LogP contribution in [0.25, 0.3) is 0 Å². The van der Waals surface area contributed by atoms with Crippen LogP contribution in [0.2, 0.25) is 5.02 Å². The highest BCUT2D eigenvalue weighted by atomic mass is 35.5. The highest BCUT2D eigenvalue weighted by Crippen LogP contribution is 2.27. The zero-order chi connectivity index (χ0) is 21.1. The van der Waals surface area contributed by atoms with Gasteiger partial charge in [-0.05, 0) is 62.1 Å². The van der Waals surface area contributed by atoms with Crippen molar-refractivity contribution in [2.75, 3.05) is 44.2 Å². The van der Waals surface area contributed by atoms with Crippen LogP contribution in [0.15, 0.2) is 42.5 Å². The van der Waals surface area contributed by atoms with Gasteiger partial charge in [-0.3, -0.25) is 9.69 Å². The van der Waals surface area contributed by atoms with Gasteiger partial charge in [-0.15, -0.1) is 0 Å². The molecular formula is C25H32ClN3O. The topological polar surface area (TPSA) is 26.8 Å². The van der Waals surface area contributed by atoms with Gasteiger partial charge in [-0.1, -0.05) is 41.9 Å². The molecule has 1 unspecified atom stereocenters. The smallest absolute Gasteiger partial charge is 0.227 e. The minimum Gasteiger partial charge on any atom is -0.368 e. The molecule has 2 aromatic rings. The number of hydrogen-bond acceptors (Lipinski definition) is 3. The number of amides is 1. The van der Waals surface area contributed by atoms with Crippen molar-refractivity contribution in [3.05, 3.63) is 64.2 Å². The lowest BCUT2D eigenvalue weighted by molar-refractivity contribution is -0.137. The number of hydrogen-bond donors (Lipinski definition) is 0. The van der Waals surface area contributed by atoms with E-state index in [-0.39, 0.29) is 5.92 Å². The van der Waals surface area contributed by atoms with Crippen molar-refractivity contribution in [1.82, 2.24) is 9.80 Å². The Hall–Kier alpha value is -2.04. The van der Waals surface area contributed by atoms with Gasteiger partial charge < -0.3 is 9.80 Å². The van der Waals surface area contributed by atoms with E-state index in [1.807, 2.05) is 12.1 Å². The monoisotopic (exact) mass is 425 g/mol. The molecule has 2 aromatic carbocycles. The van der Waals surface area contributed by atoms with E-state index in [9.17, 15) is 4.79 Å². The van der Waals surface area contributed by atoms with E-state index in [0.29, 0.717) is 5.91 Å². The quantitative estimate of drug-likeness (QED) is 0.720. The minimum absolute atomic E-state index is 0.127. The van der Waals surface area contributed by atoms with Crippen LogP contribution in [0.3, 0.4) is 0 Å². The maximum atomic E-state index is 13.2. The predicted molar refractivity (Wildman–Crippen MR) is 124 cm³/mol. The van der Waals surface area contributed by atoms with E-state index in [1.54, 1.807) is 0 Å². The molecule has 160 valence electrons. The van der Waals surface area contributed by atoms with Gasteiger partial charge >= 0.3 is 0 Å². The number of anilines is 1. The Labute approximate surface area is 185 Å². The van der Waals surface area contributed by atoms with Crippen molar-refractivity contribution in [1.29, 1.82) is 0 Å². The average Bonchev–Trinajstić information content (AvgIpc) is 2.77. The third-order valence-electron chi connectivity index (χ3n) is 6.61. The first-order chi connectivity index (χ1) is 14.5. The van der Waals surface area contributed by atoms with Gasteiger partial charge in [-0.2, -0.15) is 0 Å². The number of aryl methyl sites for hydroxylation is 2. The van der Waals surface area contributed by atoms with E-state index >= 15 is 0 Å². The van der Waals surface area contributed by atoms with Gasteiger partial charge in [0.1, 0.15) is 0 Å². The summed E-state index contributed by atoms with van der Waals surface area (Å²) in [6.45, 7) is 10.5. The van der Waals surface area contributed by atoms with Crippen LogP contribution in [0.1, 0.15) is 29.5 Å². The molecule has 0 bridgehead atoms. The molecule has 2 aliphatic rings. The highest BCUT2D eigenvalue weighted by molar-refractivity contribution is 6.30. The Morgan fingerprint density at radius 1 is 1.00 bits per heavy atom. The predicted octanol–water partition coefficient (Wildman–Crippen LogP) is 4.52. The first-order valence-corrected chi connectivity index (χ1v) is 11.5. The summed E-state index contributed by atoms with van der Waals surface area (Å²) in [5.41, 5.74) is 5.13. The molecule has 4 nitrogen and oxygen atoms in total. The van der Waals surface area contributed by atoms with Crippen molar-refractivity contribution in [2.24, 2.45) is 5.92 Å². The summed E-state index contributed by atoms with van der Waals surface area (Å²) >= 11 is 6.20. The van der Waals surface area contributed by atoms with E-state index in [0.717, 1.165) is 63.7 Å². The van der Waals surface area contributed by atoms with Gasteiger partial charge in [0, 0.05) is 50.0 Å². The van der Waals surface area contributed by atoms with Gasteiger partial charge in [-0.25, -0.2) is 0 Å². The third-order valence-corrected chi connectivity index (χ3v) is 6.85. The van der Waals surface area contributed by atoms with Crippen molar-refractivity contribution >= 4 is 23.2 Å². The summed E-state index contributed by atoms with van der Waals surface area (Å²) in [4.78, 5) is 20.1. The van der Waals surface area contributed by atoms with Gasteiger partial charge in [0.25, 0.3) is 0 Å². The molecule has 0 N–H and O–H groups in total. The van der Waals surface area contributed by atoms with Crippen molar-refractivity contribution in [2.45, 2.75) is 33.2 Å². The van der Waals surface area contributed by atoms with Crippen LogP contribution in [-0.2, 0) is 11.3 Å². The second-order valence-electron chi connectivity index (χ2n) is 8.74. The molecule has 4 rings (SSSR count). The summed E-state index contributed by atoms with van der Waals surface area (Å²) in [6.07, 6.45) is 2.11. The SMILES string of the molecule is Cc1ccccc1CN1CCCC(C(=O)N2CCN(c3cc(Cl)ccc3C)CC2)C1. The number of piperidine rings is 1. The summed E-state index contributed by atoms with van der Waals surface area (Å²) in [5.74, 6) is 0.467. The summed E-state index contributed by atoms with van der Waals surface area (Å²) in [5, 5.41) is 0.769. The molecule has 5 heteroatoms. The Bertz CT molecular complexity index is 892. The molecule has 2 heterocycles. The summed E-state index contributed by atoms with van der Waals surface area (Å²) < 4.78 is 0. The Morgan fingerprint density at radius 2 is 1.77 bits per heavy atom. The second kappa shape index (κ2) is 9.40. The normalized spacial score (nSPS) is 20.4. The van der Waals surface area contributed by atoms with E-state index in [2.05, 4.69) is 58.9 Å². The maximum absolute atomic E-state index is 13.2. The van der Waals surface area contributed by atoms with Crippen LogP contribution in [0.5, 0.6) is 0 Å². The lowest BCUT2D eigenvalue weighted by Gasteiger charge is -2.40. The second-order valence-corrected chi connectivity index (χ2v) is 9.18. The molecule has 1 atom stereocenters. The molecule has 0 aromatic heterocycles.